The molecule has 0 amide bonds. The van der Waals surface area contributed by atoms with Crippen molar-refractivity contribution in [3.8, 4) is 5.75 Å². The molecular formula is C16H23NO3. The molecular weight excluding hydrogens is 254 g/mol. The van der Waals surface area contributed by atoms with E-state index in [-0.39, 0.29) is 5.78 Å². The molecule has 0 N–H and O–H groups in total. The van der Waals surface area contributed by atoms with E-state index >= 15 is 0 Å². The third-order valence-electron chi connectivity index (χ3n) is 3.72. The second-order valence-electron chi connectivity index (χ2n) is 5.24. The van der Waals surface area contributed by atoms with Gasteiger partial charge in [0.25, 0.3) is 0 Å². The fraction of sp³-hybridized carbons (Fsp3) is 0.562. The molecule has 0 bridgehead atoms. The maximum absolute atomic E-state index is 11.5. The van der Waals surface area contributed by atoms with Gasteiger partial charge in [-0.2, -0.15) is 0 Å². The van der Waals surface area contributed by atoms with Crippen molar-refractivity contribution < 1.29 is 14.3 Å². The quantitative estimate of drug-likeness (QED) is 0.749. The highest BCUT2D eigenvalue weighted by Gasteiger charge is 2.21. The maximum atomic E-state index is 11.5. The van der Waals surface area contributed by atoms with Crippen LogP contribution in [0.3, 0.4) is 0 Å². The summed E-state index contributed by atoms with van der Waals surface area (Å²) in [6.07, 6.45) is 1.06. The summed E-state index contributed by atoms with van der Waals surface area (Å²) in [7, 11) is 2.09. The smallest absolute Gasteiger partial charge is 0.159 e. The Labute approximate surface area is 120 Å². The predicted molar refractivity (Wildman–Crippen MR) is 78.3 cm³/mol. The van der Waals surface area contributed by atoms with Crippen LogP contribution in [0.2, 0.25) is 0 Å². The molecule has 1 fully saturated rings. The van der Waals surface area contributed by atoms with Crippen LogP contribution in [0.5, 0.6) is 5.75 Å². The molecule has 0 aromatic heterocycles. The van der Waals surface area contributed by atoms with Crippen molar-refractivity contribution in [2.45, 2.75) is 32.9 Å². The number of Topliss-reactive ketones (excluding diaryl/α,β-unsaturated/α-hetero) is 1. The van der Waals surface area contributed by atoms with Crippen molar-refractivity contribution in [2.75, 3.05) is 26.9 Å². The first kappa shape index (κ1) is 15.0. The molecule has 4 heteroatoms. The number of benzene rings is 1. The number of ketones is 1. The normalized spacial score (nSPS) is 18.5. The van der Waals surface area contributed by atoms with Crippen molar-refractivity contribution in [3.63, 3.8) is 0 Å². The Morgan fingerprint density at radius 3 is 2.90 bits per heavy atom. The van der Waals surface area contributed by atoms with E-state index < -0.39 is 0 Å². The zero-order valence-corrected chi connectivity index (χ0v) is 12.5. The number of nitrogens with zero attached hydrogens (tertiary/aromatic N) is 1. The monoisotopic (exact) mass is 277 g/mol. The number of likely N-dealkylation sites (N-methyl/N-ethyl adjacent to an activating group) is 1. The van der Waals surface area contributed by atoms with Gasteiger partial charge in [0, 0.05) is 30.3 Å². The SMILES string of the molecule is CCOc1ccc(C(C)=O)cc1CN(C)C1CCOC1. The zero-order chi connectivity index (χ0) is 14.5. The number of hydrogen-bond acceptors (Lipinski definition) is 4. The lowest BCUT2D eigenvalue weighted by Crippen LogP contribution is -2.31. The highest BCUT2D eigenvalue weighted by Crippen LogP contribution is 2.24. The lowest BCUT2D eigenvalue weighted by Gasteiger charge is -2.24. The number of carbonyl (C=O) groups excluding carboxylic acids is 1. The van der Waals surface area contributed by atoms with E-state index in [4.69, 9.17) is 9.47 Å². The lowest BCUT2D eigenvalue weighted by atomic mass is 10.1. The van der Waals surface area contributed by atoms with Crippen LogP contribution in [0.1, 0.15) is 36.2 Å². The van der Waals surface area contributed by atoms with Crippen LogP contribution in [0.4, 0.5) is 0 Å². The van der Waals surface area contributed by atoms with E-state index in [0.717, 1.165) is 43.1 Å². The standard InChI is InChI=1S/C16H23NO3/c1-4-20-16-6-5-13(12(2)18)9-14(16)10-17(3)15-7-8-19-11-15/h5-6,9,15H,4,7-8,10-11H2,1-3H3. The van der Waals surface area contributed by atoms with E-state index in [9.17, 15) is 4.79 Å². The van der Waals surface area contributed by atoms with E-state index in [2.05, 4.69) is 11.9 Å². The highest BCUT2D eigenvalue weighted by molar-refractivity contribution is 5.94. The van der Waals surface area contributed by atoms with Crippen LogP contribution in [-0.2, 0) is 11.3 Å². The van der Waals surface area contributed by atoms with Gasteiger partial charge in [-0.25, -0.2) is 0 Å². The zero-order valence-electron chi connectivity index (χ0n) is 12.5. The maximum Gasteiger partial charge on any atom is 0.159 e. The van der Waals surface area contributed by atoms with E-state index in [0.29, 0.717) is 12.6 Å². The summed E-state index contributed by atoms with van der Waals surface area (Å²) in [5, 5.41) is 0. The van der Waals surface area contributed by atoms with Gasteiger partial charge in [-0.3, -0.25) is 9.69 Å². The fourth-order valence-corrected chi connectivity index (χ4v) is 2.49. The molecule has 1 unspecified atom stereocenters. The van der Waals surface area contributed by atoms with Gasteiger partial charge in [0.2, 0.25) is 0 Å². The van der Waals surface area contributed by atoms with Crippen LogP contribution >= 0.6 is 0 Å². The van der Waals surface area contributed by atoms with Crippen LogP contribution in [0, 0.1) is 0 Å². The molecule has 1 aromatic rings. The third kappa shape index (κ3) is 3.58. The topological polar surface area (TPSA) is 38.8 Å². The minimum Gasteiger partial charge on any atom is -0.494 e. The van der Waals surface area contributed by atoms with Crippen molar-refractivity contribution >= 4 is 5.78 Å². The summed E-state index contributed by atoms with van der Waals surface area (Å²) in [4.78, 5) is 13.8. The molecule has 0 radical (unpaired) electrons. The van der Waals surface area contributed by atoms with Crippen LogP contribution in [0.15, 0.2) is 18.2 Å². The Morgan fingerprint density at radius 1 is 1.50 bits per heavy atom. The van der Waals surface area contributed by atoms with Crippen molar-refractivity contribution in [1.29, 1.82) is 0 Å². The summed E-state index contributed by atoms with van der Waals surface area (Å²) >= 11 is 0. The molecule has 2 rings (SSSR count). The lowest BCUT2D eigenvalue weighted by molar-refractivity contribution is 0.101. The molecule has 20 heavy (non-hydrogen) atoms. The average Bonchev–Trinajstić information content (AvgIpc) is 2.94. The van der Waals surface area contributed by atoms with Crippen LogP contribution in [-0.4, -0.2) is 43.6 Å². The molecule has 0 aliphatic carbocycles. The molecule has 1 aliphatic heterocycles. The van der Waals surface area contributed by atoms with E-state index in [1.807, 2.05) is 25.1 Å². The van der Waals surface area contributed by atoms with Gasteiger partial charge in [-0.15, -0.1) is 0 Å². The number of ether oxygens (including phenoxy) is 2. The first-order valence-electron chi connectivity index (χ1n) is 7.16. The first-order chi connectivity index (χ1) is 9.61. The van der Waals surface area contributed by atoms with Gasteiger partial charge < -0.3 is 9.47 Å². The molecule has 1 atom stereocenters. The summed E-state index contributed by atoms with van der Waals surface area (Å²) < 4.78 is 11.1. The van der Waals surface area contributed by atoms with Crippen molar-refractivity contribution in [3.05, 3.63) is 29.3 Å². The fourth-order valence-electron chi connectivity index (χ4n) is 2.49. The molecule has 0 spiro atoms. The number of rotatable bonds is 6. The van der Waals surface area contributed by atoms with Crippen LogP contribution in [0.25, 0.3) is 0 Å². The van der Waals surface area contributed by atoms with Crippen molar-refractivity contribution in [1.82, 2.24) is 4.90 Å². The van der Waals surface area contributed by atoms with Gasteiger partial charge in [0.05, 0.1) is 13.2 Å². The van der Waals surface area contributed by atoms with Gasteiger partial charge in [0.15, 0.2) is 5.78 Å². The van der Waals surface area contributed by atoms with Gasteiger partial charge in [-0.1, -0.05) is 0 Å². The number of hydrogen-bond donors (Lipinski definition) is 0. The first-order valence-corrected chi connectivity index (χ1v) is 7.16. The minimum absolute atomic E-state index is 0.0844. The van der Waals surface area contributed by atoms with Gasteiger partial charge >= 0.3 is 0 Å². The summed E-state index contributed by atoms with van der Waals surface area (Å²) in [5.74, 6) is 0.949. The molecule has 0 saturated carbocycles. The number of carbonyl (C=O) groups is 1. The van der Waals surface area contributed by atoms with Crippen molar-refractivity contribution in [2.24, 2.45) is 0 Å². The second-order valence-corrected chi connectivity index (χ2v) is 5.24. The van der Waals surface area contributed by atoms with Gasteiger partial charge in [0.1, 0.15) is 5.75 Å². The molecule has 1 aromatic carbocycles. The Kier molecular flexibility index (Phi) is 5.15. The Morgan fingerprint density at radius 2 is 2.30 bits per heavy atom. The third-order valence-corrected chi connectivity index (χ3v) is 3.72. The average molecular weight is 277 g/mol. The summed E-state index contributed by atoms with van der Waals surface area (Å²) in [5.41, 5.74) is 1.80. The van der Waals surface area contributed by atoms with E-state index in [1.54, 1.807) is 6.92 Å². The molecule has 110 valence electrons. The highest BCUT2D eigenvalue weighted by atomic mass is 16.5. The molecule has 1 aliphatic rings. The Balaban J connectivity index is 2.17. The van der Waals surface area contributed by atoms with Crippen LogP contribution < -0.4 is 4.74 Å². The second kappa shape index (κ2) is 6.86. The predicted octanol–water partition coefficient (Wildman–Crippen LogP) is 2.51. The molecule has 1 heterocycles. The largest absolute Gasteiger partial charge is 0.494 e. The minimum atomic E-state index is 0.0844. The molecule has 4 nitrogen and oxygen atoms in total. The summed E-state index contributed by atoms with van der Waals surface area (Å²) in [6.45, 7) is 6.58. The van der Waals surface area contributed by atoms with Gasteiger partial charge in [-0.05, 0) is 45.5 Å². The summed E-state index contributed by atoms with van der Waals surface area (Å²) in [6, 6.07) is 6.12. The Bertz CT molecular complexity index is 467. The molecule has 1 saturated heterocycles. The van der Waals surface area contributed by atoms with E-state index in [1.165, 1.54) is 0 Å². The Hall–Kier alpha value is -1.39.